The first-order chi connectivity index (χ1) is 10.8. The zero-order valence-corrected chi connectivity index (χ0v) is 12.8. The number of hydrogen-bond acceptors (Lipinski definition) is 3. The van der Waals surface area contributed by atoms with Crippen molar-refractivity contribution in [1.29, 1.82) is 0 Å². The van der Waals surface area contributed by atoms with E-state index in [0.29, 0.717) is 11.6 Å². The number of benzene rings is 1. The van der Waals surface area contributed by atoms with Crippen LogP contribution >= 0.6 is 0 Å². The lowest BCUT2D eigenvalue weighted by atomic mass is 10.1. The predicted molar refractivity (Wildman–Crippen MR) is 81.2 cm³/mol. The second-order valence-corrected chi connectivity index (χ2v) is 6.29. The van der Waals surface area contributed by atoms with Crippen LogP contribution in [-0.4, -0.2) is 10.9 Å². The van der Waals surface area contributed by atoms with Gasteiger partial charge < -0.3 is 10.1 Å². The van der Waals surface area contributed by atoms with Crippen molar-refractivity contribution in [1.82, 2.24) is 4.98 Å². The highest BCUT2D eigenvalue weighted by Gasteiger charge is 2.50. The first-order valence-electron chi connectivity index (χ1n) is 7.25. The molecule has 1 N–H and O–H groups in total. The van der Waals surface area contributed by atoms with Gasteiger partial charge in [-0.3, -0.25) is 4.79 Å². The van der Waals surface area contributed by atoms with Crippen molar-refractivity contribution in [3.63, 3.8) is 0 Å². The molecular weight excluding hydrogens is 302 g/mol. The maximum absolute atomic E-state index is 13.1. The molecule has 0 unspecified atom stereocenters. The quantitative estimate of drug-likeness (QED) is 0.922. The third-order valence-electron chi connectivity index (χ3n) is 3.94. The normalized spacial score (nSPS) is 18.3. The summed E-state index contributed by atoms with van der Waals surface area (Å²) in [6, 6.07) is 6.47. The van der Waals surface area contributed by atoms with Crippen LogP contribution < -0.4 is 10.1 Å². The zero-order chi connectivity index (χ0) is 16.6. The standard InChI is InChI=1S/C17H16F2N2O2/c1-17(2)8-12(17)16(22)21-15-6-4-11(9-20-15)23-10-3-5-13(18)14(19)7-10/h3-7,9,12H,8H2,1-2H3,(H,20,21,22)/t12-/m0/s1. The minimum Gasteiger partial charge on any atom is -0.456 e. The number of aromatic nitrogens is 1. The minimum absolute atomic E-state index is 0.0161. The van der Waals surface area contributed by atoms with E-state index in [9.17, 15) is 13.6 Å². The van der Waals surface area contributed by atoms with Gasteiger partial charge in [0.15, 0.2) is 11.6 Å². The van der Waals surface area contributed by atoms with Gasteiger partial charge in [-0.1, -0.05) is 13.8 Å². The van der Waals surface area contributed by atoms with Gasteiger partial charge >= 0.3 is 0 Å². The molecule has 1 amide bonds. The Hall–Kier alpha value is -2.50. The number of ether oxygens (including phenoxy) is 1. The van der Waals surface area contributed by atoms with Gasteiger partial charge in [0.1, 0.15) is 17.3 Å². The average molecular weight is 318 g/mol. The molecule has 1 aromatic heterocycles. The number of carbonyl (C=O) groups excluding carboxylic acids is 1. The van der Waals surface area contributed by atoms with Gasteiger partial charge in [-0.15, -0.1) is 0 Å². The largest absolute Gasteiger partial charge is 0.456 e. The Labute approximate surface area is 132 Å². The molecule has 0 saturated heterocycles. The van der Waals surface area contributed by atoms with Crippen molar-refractivity contribution in [3.05, 3.63) is 48.2 Å². The molecule has 0 radical (unpaired) electrons. The predicted octanol–water partition coefficient (Wildman–Crippen LogP) is 4.14. The molecule has 23 heavy (non-hydrogen) atoms. The molecule has 1 heterocycles. The summed E-state index contributed by atoms with van der Waals surface area (Å²) >= 11 is 0. The fraction of sp³-hybridized carbons (Fsp3) is 0.294. The summed E-state index contributed by atoms with van der Waals surface area (Å²) in [6.45, 7) is 4.09. The second-order valence-electron chi connectivity index (χ2n) is 6.29. The lowest BCUT2D eigenvalue weighted by Gasteiger charge is -2.08. The maximum Gasteiger partial charge on any atom is 0.229 e. The molecule has 120 valence electrons. The molecule has 1 atom stereocenters. The minimum atomic E-state index is -0.980. The second kappa shape index (κ2) is 5.61. The van der Waals surface area contributed by atoms with Crippen molar-refractivity contribution < 1.29 is 18.3 Å². The van der Waals surface area contributed by atoms with Gasteiger partial charge in [0.05, 0.1) is 6.20 Å². The van der Waals surface area contributed by atoms with Crippen LogP contribution in [0.3, 0.4) is 0 Å². The number of nitrogens with zero attached hydrogens (tertiary/aromatic N) is 1. The average Bonchev–Trinajstić information content (AvgIpc) is 3.14. The van der Waals surface area contributed by atoms with E-state index in [1.54, 1.807) is 12.1 Å². The molecule has 0 aliphatic heterocycles. The summed E-state index contributed by atoms with van der Waals surface area (Å²) in [6.07, 6.45) is 2.28. The fourth-order valence-corrected chi connectivity index (χ4v) is 2.32. The number of halogens is 2. The number of anilines is 1. The molecule has 3 rings (SSSR count). The van der Waals surface area contributed by atoms with E-state index in [0.717, 1.165) is 18.6 Å². The third kappa shape index (κ3) is 3.47. The first kappa shape index (κ1) is 15.4. The Morgan fingerprint density at radius 1 is 1.22 bits per heavy atom. The van der Waals surface area contributed by atoms with E-state index in [2.05, 4.69) is 10.3 Å². The van der Waals surface area contributed by atoms with Crippen LogP contribution in [0.4, 0.5) is 14.6 Å². The molecule has 2 aromatic rings. The monoisotopic (exact) mass is 318 g/mol. The summed E-state index contributed by atoms with van der Waals surface area (Å²) in [7, 11) is 0. The molecule has 1 saturated carbocycles. The molecule has 4 nitrogen and oxygen atoms in total. The van der Waals surface area contributed by atoms with Gasteiger partial charge in [0.2, 0.25) is 5.91 Å². The van der Waals surface area contributed by atoms with Crippen molar-refractivity contribution >= 4 is 11.7 Å². The molecule has 1 aromatic carbocycles. The lowest BCUT2D eigenvalue weighted by molar-refractivity contribution is -0.118. The summed E-state index contributed by atoms with van der Waals surface area (Å²) in [5.74, 6) is -0.986. The van der Waals surface area contributed by atoms with E-state index in [1.165, 1.54) is 12.3 Å². The smallest absolute Gasteiger partial charge is 0.229 e. The zero-order valence-electron chi connectivity index (χ0n) is 12.8. The van der Waals surface area contributed by atoms with Crippen LogP contribution in [0.2, 0.25) is 0 Å². The summed E-state index contributed by atoms with van der Waals surface area (Å²) in [5, 5.41) is 2.75. The van der Waals surface area contributed by atoms with E-state index in [1.807, 2.05) is 13.8 Å². The maximum atomic E-state index is 13.1. The number of amides is 1. The third-order valence-corrected chi connectivity index (χ3v) is 3.94. The van der Waals surface area contributed by atoms with Gasteiger partial charge in [0, 0.05) is 12.0 Å². The Bertz CT molecular complexity index is 745. The van der Waals surface area contributed by atoms with Crippen LogP contribution in [0.5, 0.6) is 11.5 Å². The SMILES string of the molecule is CC1(C)C[C@H]1C(=O)Nc1ccc(Oc2ccc(F)c(F)c2)cn1. The lowest BCUT2D eigenvalue weighted by Crippen LogP contribution is -2.17. The Balaban J connectivity index is 1.63. The number of rotatable bonds is 4. The van der Waals surface area contributed by atoms with Crippen molar-refractivity contribution in [2.75, 3.05) is 5.32 Å². The molecule has 1 fully saturated rings. The molecule has 1 aliphatic carbocycles. The molecule has 1 aliphatic rings. The first-order valence-corrected chi connectivity index (χ1v) is 7.25. The fourth-order valence-electron chi connectivity index (χ4n) is 2.32. The summed E-state index contributed by atoms with van der Waals surface area (Å²) in [5.41, 5.74) is 0.0553. The molecular formula is C17H16F2N2O2. The van der Waals surface area contributed by atoms with Crippen LogP contribution in [0.15, 0.2) is 36.5 Å². The van der Waals surface area contributed by atoms with E-state index in [-0.39, 0.29) is 23.0 Å². The van der Waals surface area contributed by atoms with Crippen molar-refractivity contribution in [3.8, 4) is 11.5 Å². The highest BCUT2D eigenvalue weighted by Crippen LogP contribution is 2.51. The molecule has 6 heteroatoms. The van der Waals surface area contributed by atoms with Gasteiger partial charge in [-0.25, -0.2) is 13.8 Å². The van der Waals surface area contributed by atoms with Crippen LogP contribution in [0, 0.1) is 23.0 Å². The van der Waals surface area contributed by atoms with E-state index < -0.39 is 11.6 Å². The Morgan fingerprint density at radius 3 is 2.48 bits per heavy atom. The summed E-state index contributed by atoms with van der Waals surface area (Å²) in [4.78, 5) is 16.1. The van der Waals surface area contributed by atoms with Crippen LogP contribution in [0.1, 0.15) is 20.3 Å². The van der Waals surface area contributed by atoms with Crippen LogP contribution in [0.25, 0.3) is 0 Å². The molecule has 0 bridgehead atoms. The van der Waals surface area contributed by atoms with Crippen molar-refractivity contribution in [2.45, 2.75) is 20.3 Å². The highest BCUT2D eigenvalue weighted by atomic mass is 19.2. The van der Waals surface area contributed by atoms with Gasteiger partial charge in [-0.2, -0.15) is 0 Å². The van der Waals surface area contributed by atoms with Crippen molar-refractivity contribution in [2.24, 2.45) is 11.3 Å². The van der Waals surface area contributed by atoms with Crippen LogP contribution in [-0.2, 0) is 4.79 Å². The topological polar surface area (TPSA) is 51.2 Å². The van der Waals surface area contributed by atoms with E-state index >= 15 is 0 Å². The number of carbonyl (C=O) groups is 1. The molecule has 0 spiro atoms. The Kier molecular flexibility index (Phi) is 3.75. The van der Waals surface area contributed by atoms with Gasteiger partial charge in [-0.05, 0) is 36.1 Å². The Morgan fingerprint density at radius 2 is 1.91 bits per heavy atom. The number of nitrogens with one attached hydrogen (secondary N) is 1. The summed E-state index contributed by atoms with van der Waals surface area (Å²) < 4.78 is 31.4. The number of pyridine rings is 1. The van der Waals surface area contributed by atoms with Gasteiger partial charge in [0.25, 0.3) is 0 Å². The highest BCUT2D eigenvalue weighted by molar-refractivity contribution is 5.94. The number of hydrogen-bond donors (Lipinski definition) is 1. The van der Waals surface area contributed by atoms with E-state index in [4.69, 9.17) is 4.74 Å².